The maximum absolute atomic E-state index is 12.2. The molecule has 2 aromatic rings. The number of fused-ring (bicyclic) bond motifs is 1. The molecule has 4 nitrogen and oxygen atoms in total. The van der Waals surface area contributed by atoms with Gasteiger partial charge in [-0.15, -0.1) is 0 Å². The summed E-state index contributed by atoms with van der Waals surface area (Å²) in [6.07, 6.45) is 4.87. The number of nitrogens with two attached hydrogens (primary N) is 1. The van der Waals surface area contributed by atoms with E-state index in [4.69, 9.17) is 10.2 Å². The number of aromatic nitrogens is 1. The van der Waals surface area contributed by atoms with E-state index in [0.717, 1.165) is 5.52 Å². The van der Waals surface area contributed by atoms with Crippen LogP contribution in [-0.2, 0) is 10.8 Å². The first-order chi connectivity index (χ1) is 8.72. The van der Waals surface area contributed by atoms with Crippen molar-refractivity contribution in [1.29, 1.82) is 0 Å². The molecule has 0 spiro atoms. The van der Waals surface area contributed by atoms with Crippen molar-refractivity contribution in [3.05, 3.63) is 18.2 Å². The Bertz CT molecular complexity index is 588. The van der Waals surface area contributed by atoms with Gasteiger partial charge in [-0.05, 0) is 30.9 Å². The topological polar surface area (TPSA) is 69.1 Å². The van der Waals surface area contributed by atoms with Gasteiger partial charge in [0.2, 0.25) is 0 Å². The molecule has 0 amide bonds. The van der Waals surface area contributed by atoms with Gasteiger partial charge in [-0.1, -0.05) is 12.8 Å². The molecule has 1 aromatic heterocycles. The van der Waals surface area contributed by atoms with Crippen LogP contribution in [0.15, 0.2) is 27.8 Å². The Hall–Kier alpha value is -1.36. The lowest BCUT2D eigenvalue weighted by Crippen LogP contribution is -2.07. The molecule has 1 aromatic carbocycles. The zero-order chi connectivity index (χ0) is 12.5. The summed E-state index contributed by atoms with van der Waals surface area (Å²) < 4.78 is 17.7. The van der Waals surface area contributed by atoms with Crippen molar-refractivity contribution in [1.82, 2.24) is 4.98 Å². The van der Waals surface area contributed by atoms with E-state index in [2.05, 4.69) is 4.98 Å². The van der Waals surface area contributed by atoms with Crippen molar-refractivity contribution < 1.29 is 8.63 Å². The number of anilines is 1. The van der Waals surface area contributed by atoms with Gasteiger partial charge in [0.15, 0.2) is 5.58 Å². The molecule has 0 saturated heterocycles. The fraction of sp³-hybridized carbons (Fsp3) is 0.462. The maximum Gasteiger partial charge on any atom is 0.287 e. The molecule has 1 heterocycles. The second kappa shape index (κ2) is 4.72. The summed E-state index contributed by atoms with van der Waals surface area (Å²) in [6, 6.07) is 5.29. The number of benzene rings is 1. The summed E-state index contributed by atoms with van der Waals surface area (Å²) >= 11 is 0. The normalized spacial score (nSPS) is 18.4. The van der Waals surface area contributed by atoms with E-state index in [1.165, 1.54) is 25.7 Å². The van der Waals surface area contributed by atoms with Gasteiger partial charge in [-0.25, -0.2) is 9.19 Å². The van der Waals surface area contributed by atoms with Crippen LogP contribution < -0.4 is 5.73 Å². The highest BCUT2D eigenvalue weighted by molar-refractivity contribution is 7.84. The lowest BCUT2D eigenvalue weighted by molar-refractivity contribution is 0.474. The van der Waals surface area contributed by atoms with Gasteiger partial charge >= 0.3 is 0 Å². The molecule has 1 aliphatic rings. The quantitative estimate of drug-likeness (QED) is 0.865. The van der Waals surface area contributed by atoms with Crippen LogP contribution in [0.25, 0.3) is 11.1 Å². The molecule has 1 saturated carbocycles. The minimum absolute atomic E-state index is 0.336. The highest BCUT2D eigenvalue weighted by atomic mass is 32.2. The van der Waals surface area contributed by atoms with Crippen LogP contribution in [0.5, 0.6) is 0 Å². The summed E-state index contributed by atoms with van der Waals surface area (Å²) in [4.78, 5) is 4.27. The highest BCUT2D eigenvalue weighted by Gasteiger charge is 2.21. The largest absolute Gasteiger partial charge is 0.430 e. The Labute approximate surface area is 108 Å². The van der Waals surface area contributed by atoms with Crippen molar-refractivity contribution in [3.8, 4) is 0 Å². The number of hydrogen-bond acceptors (Lipinski definition) is 4. The van der Waals surface area contributed by atoms with Crippen LogP contribution in [0.4, 0.5) is 5.69 Å². The van der Waals surface area contributed by atoms with Gasteiger partial charge in [0.25, 0.3) is 5.22 Å². The van der Waals surface area contributed by atoms with Gasteiger partial charge in [-0.3, -0.25) is 0 Å². The molecule has 1 fully saturated rings. The highest BCUT2D eigenvalue weighted by Crippen LogP contribution is 2.27. The molecular formula is C13H16N2O2S. The van der Waals surface area contributed by atoms with Crippen LogP contribution in [0.3, 0.4) is 0 Å². The fourth-order valence-corrected chi connectivity index (χ4v) is 3.77. The molecule has 96 valence electrons. The zero-order valence-corrected chi connectivity index (χ0v) is 10.9. The van der Waals surface area contributed by atoms with Crippen molar-refractivity contribution in [2.24, 2.45) is 5.92 Å². The summed E-state index contributed by atoms with van der Waals surface area (Å²) in [5.74, 6) is 1.23. The van der Waals surface area contributed by atoms with E-state index >= 15 is 0 Å². The van der Waals surface area contributed by atoms with Crippen LogP contribution in [-0.4, -0.2) is 14.9 Å². The number of hydrogen-bond donors (Lipinski definition) is 1. The smallest absolute Gasteiger partial charge is 0.287 e. The number of rotatable bonds is 3. The molecular weight excluding hydrogens is 248 g/mol. The van der Waals surface area contributed by atoms with Gasteiger partial charge < -0.3 is 10.2 Å². The first-order valence-electron chi connectivity index (χ1n) is 6.27. The molecule has 0 radical (unpaired) electrons. The summed E-state index contributed by atoms with van der Waals surface area (Å²) in [7, 11) is -1.13. The van der Waals surface area contributed by atoms with E-state index in [1.54, 1.807) is 18.2 Å². The Balaban J connectivity index is 1.82. The molecule has 5 heteroatoms. The molecule has 1 aliphatic carbocycles. The van der Waals surface area contributed by atoms with Gasteiger partial charge in [0.05, 0.1) is 0 Å². The third-order valence-corrected chi connectivity index (χ3v) is 4.79. The summed E-state index contributed by atoms with van der Waals surface area (Å²) in [5, 5.41) is 0.336. The molecule has 3 rings (SSSR count). The average molecular weight is 264 g/mol. The monoisotopic (exact) mass is 264 g/mol. The third kappa shape index (κ3) is 2.27. The van der Waals surface area contributed by atoms with E-state index in [0.29, 0.717) is 28.2 Å². The molecule has 2 N–H and O–H groups in total. The van der Waals surface area contributed by atoms with Crippen molar-refractivity contribution in [3.63, 3.8) is 0 Å². The zero-order valence-electron chi connectivity index (χ0n) is 10.1. The van der Waals surface area contributed by atoms with Gasteiger partial charge in [0.1, 0.15) is 16.3 Å². The second-order valence-electron chi connectivity index (χ2n) is 4.87. The Morgan fingerprint density at radius 1 is 1.39 bits per heavy atom. The Morgan fingerprint density at radius 3 is 2.94 bits per heavy atom. The minimum Gasteiger partial charge on any atom is -0.430 e. The first-order valence-corrected chi connectivity index (χ1v) is 7.59. The maximum atomic E-state index is 12.2. The lowest BCUT2D eigenvalue weighted by atomic mass is 10.1. The molecule has 1 unspecified atom stereocenters. The Morgan fingerprint density at radius 2 is 2.17 bits per heavy atom. The molecule has 0 aliphatic heterocycles. The summed E-state index contributed by atoms with van der Waals surface area (Å²) in [5.41, 5.74) is 7.65. The fourth-order valence-electron chi connectivity index (χ4n) is 2.48. The van der Waals surface area contributed by atoms with Crippen molar-refractivity contribution in [2.45, 2.75) is 30.9 Å². The SMILES string of the molecule is Nc1ccc2nc(S(=O)CC3CCCC3)oc2c1. The predicted molar refractivity (Wildman–Crippen MR) is 71.7 cm³/mol. The van der Waals surface area contributed by atoms with Crippen LogP contribution in [0, 0.1) is 5.92 Å². The van der Waals surface area contributed by atoms with E-state index in [9.17, 15) is 4.21 Å². The van der Waals surface area contributed by atoms with Crippen LogP contribution in [0.2, 0.25) is 0 Å². The average Bonchev–Trinajstić information content (AvgIpc) is 2.96. The first kappa shape index (κ1) is 11.7. The predicted octanol–water partition coefficient (Wildman–Crippen LogP) is 2.71. The number of oxazole rings is 1. The van der Waals surface area contributed by atoms with E-state index in [1.807, 2.05) is 0 Å². The molecule has 18 heavy (non-hydrogen) atoms. The minimum atomic E-state index is -1.13. The molecule has 0 bridgehead atoms. The van der Waals surface area contributed by atoms with Crippen molar-refractivity contribution >= 4 is 27.6 Å². The second-order valence-corrected chi connectivity index (χ2v) is 6.24. The van der Waals surface area contributed by atoms with E-state index in [-0.39, 0.29) is 0 Å². The van der Waals surface area contributed by atoms with Gasteiger partial charge in [0, 0.05) is 17.5 Å². The van der Waals surface area contributed by atoms with Gasteiger partial charge in [-0.2, -0.15) is 0 Å². The lowest BCUT2D eigenvalue weighted by Gasteiger charge is -2.04. The molecule has 1 atom stereocenters. The third-order valence-electron chi connectivity index (χ3n) is 3.45. The summed E-state index contributed by atoms with van der Waals surface area (Å²) in [6.45, 7) is 0. The van der Waals surface area contributed by atoms with Crippen LogP contribution >= 0.6 is 0 Å². The standard InChI is InChI=1S/C13H16N2O2S/c14-10-5-6-11-12(7-10)17-13(15-11)18(16)8-9-3-1-2-4-9/h5-7,9H,1-4,8,14H2. The Kier molecular flexibility index (Phi) is 3.07. The van der Waals surface area contributed by atoms with E-state index < -0.39 is 10.8 Å². The van der Waals surface area contributed by atoms with Crippen LogP contribution in [0.1, 0.15) is 25.7 Å². The van der Waals surface area contributed by atoms with Crippen molar-refractivity contribution in [2.75, 3.05) is 11.5 Å². The number of nitrogen functional groups attached to an aromatic ring is 1. The number of nitrogens with zero attached hydrogens (tertiary/aromatic N) is 1.